The highest BCUT2D eigenvalue weighted by Gasteiger charge is 2.24. The molecule has 2 aliphatic heterocycles. The van der Waals surface area contributed by atoms with Crippen LogP contribution in [0.1, 0.15) is 33.7 Å². The molecule has 7 nitrogen and oxygen atoms in total. The van der Waals surface area contributed by atoms with Gasteiger partial charge in [0.05, 0.1) is 6.54 Å². The molecule has 1 atom stereocenters. The van der Waals surface area contributed by atoms with Crippen LogP contribution in [0.25, 0.3) is 0 Å². The molecule has 2 aliphatic rings. The molecule has 7 heteroatoms. The van der Waals surface area contributed by atoms with Crippen LogP contribution in [-0.4, -0.2) is 72.4 Å². The van der Waals surface area contributed by atoms with Crippen LogP contribution in [0.3, 0.4) is 0 Å². The van der Waals surface area contributed by atoms with Crippen molar-refractivity contribution in [3.8, 4) is 11.5 Å². The molecular formula is C21H25N3O4. The van der Waals surface area contributed by atoms with Gasteiger partial charge in [0.1, 0.15) is 18.4 Å². The molecule has 0 aliphatic carbocycles. The van der Waals surface area contributed by atoms with E-state index in [1.54, 1.807) is 12.3 Å². The number of hydrogen-bond acceptors (Lipinski definition) is 5. The summed E-state index contributed by atoms with van der Waals surface area (Å²) in [5, 5.41) is 0. The maximum atomic E-state index is 12.6. The number of amides is 1. The van der Waals surface area contributed by atoms with E-state index in [-0.39, 0.29) is 24.3 Å². The number of Topliss-reactive ketones (excluding diaryl/α,β-unsaturated/α-hetero) is 1. The summed E-state index contributed by atoms with van der Waals surface area (Å²) in [6.45, 7) is 2.85. The zero-order valence-corrected chi connectivity index (χ0v) is 16.0. The van der Waals surface area contributed by atoms with Gasteiger partial charge in [-0.1, -0.05) is 12.1 Å². The average molecular weight is 383 g/mol. The van der Waals surface area contributed by atoms with Crippen LogP contribution >= 0.6 is 0 Å². The van der Waals surface area contributed by atoms with Gasteiger partial charge in [-0.05, 0) is 38.1 Å². The predicted molar refractivity (Wildman–Crippen MR) is 104 cm³/mol. The number of hydrogen-bond donors (Lipinski definition) is 1. The monoisotopic (exact) mass is 383 g/mol. The number of benzene rings is 1. The number of aromatic amines is 1. The Bertz CT molecular complexity index is 857. The van der Waals surface area contributed by atoms with E-state index in [0.717, 1.165) is 37.4 Å². The Labute approximate surface area is 164 Å². The normalized spacial score (nSPS) is 18.5. The van der Waals surface area contributed by atoms with Gasteiger partial charge in [0.2, 0.25) is 0 Å². The van der Waals surface area contributed by atoms with Crippen molar-refractivity contribution in [2.75, 3.05) is 39.8 Å². The van der Waals surface area contributed by atoms with E-state index >= 15 is 0 Å². The van der Waals surface area contributed by atoms with Crippen LogP contribution in [0.5, 0.6) is 11.5 Å². The maximum absolute atomic E-state index is 12.6. The number of ether oxygens (including phenoxy) is 2. The largest absolute Gasteiger partial charge is 0.486 e. The van der Waals surface area contributed by atoms with Crippen molar-refractivity contribution in [2.24, 2.45) is 0 Å². The number of rotatable bonds is 6. The van der Waals surface area contributed by atoms with Gasteiger partial charge in [0.25, 0.3) is 5.91 Å². The molecule has 1 fully saturated rings. The first-order valence-electron chi connectivity index (χ1n) is 9.68. The zero-order valence-electron chi connectivity index (χ0n) is 16.0. The second-order valence-corrected chi connectivity index (χ2v) is 7.42. The first-order valence-corrected chi connectivity index (χ1v) is 9.68. The maximum Gasteiger partial charge on any atom is 0.270 e. The highest BCUT2D eigenvalue weighted by Crippen LogP contribution is 2.30. The number of nitrogens with one attached hydrogen (secondary N) is 1. The second-order valence-electron chi connectivity index (χ2n) is 7.42. The van der Waals surface area contributed by atoms with Gasteiger partial charge in [-0.2, -0.15) is 0 Å². The number of para-hydroxylation sites is 2. The summed E-state index contributed by atoms with van der Waals surface area (Å²) in [5.74, 6) is 1.42. The number of nitrogens with zero attached hydrogens (tertiary/aromatic N) is 2. The van der Waals surface area contributed by atoms with Crippen LogP contribution in [0.15, 0.2) is 36.5 Å². The third-order valence-electron chi connectivity index (χ3n) is 5.13. The summed E-state index contributed by atoms with van der Waals surface area (Å²) >= 11 is 0. The number of likely N-dealkylation sites (N-methyl/N-ethyl adjacent to an activating group) is 1. The minimum Gasteiger partial charge on any atom is -0.486 e. The molecule has 0 bridgehead atoms. The van der Waals surface area contributed by atoms with E-state index in [0.29, 0.717) is 24.4 Å². The molecule has 0 saturated carbocycles. The van der Waals surface area contributed by atoms with Gasteiger partial charge >= 0.3 is 0 Å². The fraction of sp³-hybridized carbons (Fsp3) is 0.429. The summed E-state index contributed by atoms with van der Waals surface area (Å²) in [6, 6.07) is 9.24. The van der Waals surface area contributed by atoms with Crippen molar-refractivity contribution in [1.82, 2.24) is 14.8 Å². The predicted octanol–water partition coefficient (Wildman–Crippen LogP) is 2.21. The number of aromatic nitrogens is 1. The van der Waals surface area contributed by atoms with Crippen molar-refractivity contribution in [3.63, 3.8) is 0 Å². The van der Waals surface area contributed by atoms with Gasteiger partial charge in [0.15, 0.2) is 17.3 Å². The van der Waals surface area contributed by atoms with Crippen LogP contribution in [0, 0.1) is 0 Å². The van der Waals surface area contributed by atoms with E-state index in [9.17, 15) is 9.59 Å². The molecule has 2 aromatic rings. The molecule has 0 spiro atoms. The number of ketones is 1. The first kappa shape index (κ1) is 18.6. The van der Waals surface area contributed by atoms with Gasteiger partial charge in [-0.3, -0.25) is 14.5 Å². The lowest BCUT2D eigenvalue weighted by atomic mass is 10.2. The van der Waals surface area contributed by atoms with Crippen LogP contribution < -0.4 is 9.47 Å². The minimum absolute atomic E-state index is 0.0312. The summed E-state index contributed by atoms with van der Waals surface area (Å²) in [5.41, 5.74) is 1.01. The smallest absolute Gasteiger partial charge is 0.270 e. The standard InChI is InChI=1S/C21H25N3O4/c1-23(12-16-14-27-19-6-2-3-7-20(19)28-16)13-18(25)15-10-17(22-11-15)21(26)24-8-4-5-9-24/h2-3,6-7,10-11,16,22H,4-5,8-9,12-14H2,1H3/t16-/m0/s1. The molecule has 4 rings (SSSR count). The second kappa shape index (κ2) is 8.06. The lowest BCUT2D eigenvalue weighted by Gasteiger charge is -2.29. The highest BCUT2D eigenvalue weighted by atomic mass is 16.6. The van der Waals surface area contributed by atoms with Crippen molar-refractivity contribution < 1.29 is 19.1 Å². The molecule has 1 saturated heterocycles. The van der Waals surface area contributed by atoms with E-state index in [1.807, 2.05) is 41.1 Å². The number of carbonyl (C=O) groups excluding carboxylic acids is 2. The number of likely N-dealkylation sites (tertiary alicyclic amines) is 1. The van der Waals surface area contributed by atoms with Crippen LogP contribution in [-0.2, 0) is 0 Å². The van der Waals surface area contributed by atoms with Crippen molar-refractivity contribution >= 4 is 11.7 Å². The molecule has 1 aromatic carbocycles. The van der Waals surface area contributed by atoms with Crippen molar-refractivity contribution in [1.29, 1.82) is 0 Å². The fourth-order valence-electron chi connectivity index (χ4n) is 3.67. The van der Waals surface area contributed by atoms with E-state index in [2.05, 4.69) is 4.98 Å². The molecule has 3 heterocycles. The summed E-state index contributed by atoms with van der Waals surface area (Å²) in [6.07, 6.45) is 3.57. The number of fused-ring (bicyclic) bond motifs is 1. The van der Waals surface area contributed by atoms with E-state index < -0.39 is 0 Å². The van der Waals surface area contributed by atoms with Gasteiger partial charge < -0.3 is 19.4 Å². The van der Waals surface area contributed by atoms with E-state index in [4.69, 9.17) is 9.47 Å². The Morgan fingerprint density at radius 3 is 2.75 bits per heavy atom. The van der Waals surface area contributed by atoms with Gasteiger partial charge in [-0.15, -0.1) is 0 Å². The van der Waals surface area contributed by atoms with Crippen molar-refractivity contribution in [2.45, 2.75) is 18.9 Å². The topological polar surface area (TPSA) is 74.9 Å². The molecule has 1 aromatic heterocycles. The fourth-order valence-corrected chi connectivity index (χ4v) is 3.67. The minimum atomic E-state index is -0.133. The lowest BCUT2D eigenvalue weighted by Crippen LogP contribution is -2.41. The van der Waals surface area contributed by atoms with Gasteiger partial charge in [-0.25, -0.2) is 0 Å². The molecule has 148 valence electrons. The third-order valence-corrected chi connectivity index (χ3v) is 5.13. The van der Waals surface area contributed by atoms with Crippen LogP contribution in [0.2, 0.25) is 0 Å². The molecular weight excluding hydrogens is 358 g/mol. The Morgan fingerprint density at radius 1 is 1.21 bits per heavy atom. The molecule has 0 radical (unpaired) electrons. The summed E-state index contributed by atoms with van der Waals surface area (Å²) in [7, 11) is 1.88. The zero-order chi connectivity index (χ0) is 19.5. The Hall–Kier alpha value is -2.80. The van der Waals surface area contributed by atoms with Gasteiger partial charge in [0, 0.05) is 31.4 Å². The Balaban J connectivity index is 1.31. The molecule has 1 N–H and O–H groups in total. The molecule has 28 heavy (non-hydrogen) atoms. The number of H-pyrrole nitrogens is 1. The summed E-state index contributed by atoms with van der Waals surface area (Å²) < 4.78 is 11.7. The Kier molecular flexibility index (Phi) is 5.34. The third kappa shape index (κ3) is 4.04. The molecule has 0 unspecified atom stereocenters. The van der Waals surface area contributed by atoms with Crippen LogP contribution in [0.4, 0.5) is 0 Å². The summed E-state index contributed by atoms with van der Waals surface area (Å²) in [4.78, 5) is 31.7. The Morgan fingerprint density at radius 2 is 1.96 bits per heavy atom. The van der Waals surface area contributed by atoms with E-state index in [1.165, 1.54) is 0 Å². The van der Waals surface area contributed by atoms with Crippen molar-refractivity contribution in [3.05, 3.63) is 47.8 Å². The first-order chi connectivity index (χ1) is 13.6. The molecule has 1 amide bonds. The SMILES string of the molecule is CN(CC(=O)c1c[nH]c(C(=O)N2CCCC2)c1)C[C@H]1COc2ccccc2O1. The number of carbonyl (C=O) groups is 2. The average Bonchev–Trinajstić information content (AvgIpc) is 3.39. The quantitative estimate of drug-likeness (QED) is 0.774. The lowest BCUT2D eigenvalue weighted by molar-refractivity contribution is 0.0624. The highest BCUT2D eigenvalue weighted by molar-refractivity contribution is 6.01.